The molecular formula is C14H16N2O. The lowest BCUT2D eigenvalue weighted by atomic mass is 10.1. The standard InChI is InChI=1S/C14H16N2O/c17-9-8-15-14-10-4-1-2-6-12(10)16-13-7-3-5-11(13)14/h1-2,4,6,17H,3,5,7-9H2,(H,15,16). The maximum atomic E-state index is 8.97. The molecule has 3 heteroatoms. The van der Waals surface area contributed by atoms with E-state index in [1.807, 2.05) is 12.1 Å². The maximum Gasteiger partial charge on any atom is 0.0726 e. The number of pyridine rings is 1. The minimum absolute atomic E-state index is 0.158. The van der Waals surface area contributed by atoms with Crippen LogP contribution in [0.15, 0.2) is 24.3 Å². The lowest BCUT2D eigenvalue weighted by molar-refractivity contribution is 0.311. The molecule has 0 atom stereocenters. The van der Waals surface area contributed by atoms with Crippen LogP contribution in [0.4, 0.5) is 5.69 Å². The highest BCUT2D eigenvalue weighted by Gasteiger charge is 2.18. The van der Waals surface area contributed by atoms with E-state index in [0.29, 0.717) is 6.54 Å². The molecule has 2 N–H and O–H groups in total. The van der Waals surface area contributed by atoms with Gasteiger partial charge in [0.15, 0.2) is 0 Å². The van der Waals surface area contributed by atoms with Crippen LogP contribution < -0.4 is 5.32 Å². The van der Waals surface area contributed by atoms with Gasteiger partial charge < -0.3 is 10.4 Å². The molecule has 1 aliphatic carbocycles. The molecule has 2 aromatic rings. The highest BCUT2D eigenvalue weighted by Crippen LogP contribution is 2.33. The second-order valence-corrected chi connectivity index (χ2v) is 4.43. The van der Waals surface area contributed by atoms with E-state index in [-0.39, 0.29) is 6.61 Å². The van der Waals surface area contributed by atoms with Crippen LogP contribution in [0.1, 0.15) is 17.7 Å². The number of hydrogen-bond acceptors (Lipinski definition) is 3. The highest BCUT2D eigenvalue weighted by molar-refractivity contribution is 5.93. The van der Waals surface area contributed by atoms with Crippen LogP contribution >= 0.6 is 0 Å². The topological polar surface area (TPSA) is 45.1 Å². The van der Waals surface area contributed by atoms with Gasteiger partial charge >= 0.3 is 0 Å². The van der Waals surface area contributed by atoms with Gasteiger partial charge in [-0.15, -0.1) is 0 Å². The van der Waals surface area contributed by atoms with E-state index in [0.717, 1.165) is 18.4 Å². The predicted molar refractivity (Wildman–Crippen MR) is 69.3 cm³/mol. The number of nitrogens with zero attached hydrogens (tertiary/aromatic N) is 1. The third kappa shape index (κ3) is 1.76. The van der Waals surface area contributed by atoms with Crippen molar-refractivity contribution in [3.8, 4) is 0 Å². The van der Waals surface area contributed by atoms with E-state index in [4.69, 9.17) is 10.1 Å². The summed E-state index contributed by atoms with van der Waals surface area (Å²) in [6, 6.07) is 8.21. The number of nitrogens with one attached hydrogen (secondary N) is 1. The largest absolute Gasteiger partial charge is 0.395 e. The number of hydrogen-bond donors (Lipinski definition) is 2. The average Bonchev–Trinajstić information content (AvgIpc) is 2.82. The van der Waals surface area contributed by atoms with Gasteiger partial charge in [0.1, 0.15) is 0 Å². The Morgan fingerprint density at radius 2 is 2.12 bits per heavy atom. The van der Waals surface area contributed by atoms with Crippen LogP contribution in [-0.4, -0.2) is 23.2 Å². The average molecular weight is 228 g/mol. The molecule has 0 saturated heterocycles. The number of benzene rings is 1. The molecule has 0 fully saturated rings. The molecular weight excluding hydrogens is 212 g/mol. The SMILES string of the molecule is OCCNc1c2c(nc3ccccc13)CCC2. The van der Waals surface area contributed by atoms with E-state index in [9.17, 15) is 0 Å². The zero-order valence-electron chi connectivity index (χ0n) is 9.74. The van der Waals surface area contributed by atoms with E-state index < -0.39 is 0 Å². The summed E-state index contributed by atoms with van der Waals surface area (Å²) in [5.74, 6) is 0. The van der Waals surface area contributed by atoms with Gasteiger partial charge in [-0.05, 0) is 30.9 Å². The second kappa shape index (κ2) is 4.34. The molecule has 17 heavy (non-hydrogen) atoms. The summed E-state index contributed by atoms with van der Waals surface area (Å²) in [5, 5.41) is 13.5. The fraction of sp³-hybridized carbons (Fsp3) is 0.357. The Balaban J connectivity index is 2.20. The summed E-state index contributed by atoms with van der Waals surface area (Å²) in [6.45, 7) is 0.756. The quantitative estimate of drug-likeness (QED) is 0.846. The van der Waals surface area contributed by atoms with Gasteiger partial charge in [0.05, 0.1) is 12.1 Å². The van der Waals surface area contributed by atoms with Crippen LogP contribution in [0, 0.1) is 0 Å². The highest BCUT2D eigenvalue weighted by atomic mass is 16.3. The molecule has 0 saturated carbocycles. The molecule has 1 aromatic carbocycles. The van der Waals surface area contributed by atoms with Crippen molar-refractivity contribution >= 4 is 16.6 Å². The number of para-hydroxylation sites is 1. The number of rotatable bonds is 3. The molecule has 3 rings (SSSR count). The first-order valence-corrected chi connectivity index (χ1v) is 6.15. The summed E-state index contributed by atoms with van der Waals surface area (Å²) in [4.78, 5) is 4.72. The lowest BCUT2D eigenvalue weighted by Crippen LogP contribution is -2.09. The molecule has 1 heterocycles. The number of aliphatic hydroxyl groups is 1. The number of fused-ring (bicyclic) bond motifs is 2. The Hall–Kier alpha value is -1.61. The number of anilines is 1. The third-order valence-corrected chi connectivity index (χ3v) is 3.33. The Labute approximate surface area is 100 Å². The summed E-state index contributed by atoms with van der Waals surface area (Å²) in [6.07, 6.45) is 3.36. The van der Waals surface area contributed by atoms with Crippen molar-refractivity contribution in [2.24, 2.45) is 0 Å². The smallest absolute Gasteiger partial charge is 0.0726 e. The molecule has 0 unspecified atom stereocenters. The van der Waals surface area contributed by atoms with Crippen molar-refractivity contribution < 1.29 is 5.11 Å². The van der Waals surface area contributed by atoms with Crippen LogP contribution in [-0.2, 0) is 12.8 Å². The maximum absolute atomic E-state index is 8.97. The predicted octanol–water partition coefficient (Wildman–Crippen LogP) is 2.13. The van der Waals surface area contributed by atoms with Crippen LogP contribution in [0.3, 0.4) is 0 Å². The third-order valence-electron chi connectivity index (χ3n) is 3.33. The molecule has 0 amide bonds. The number of aromatic nitrogens is 1. The van der Waals surface area contributed by atoms with Crippen molar-refractivity contribution in [1.82, 2.24) is 4.98 Å². The van der Waals surface area contributed by atoms with Crippen LogP contribution in [0.2, 0.25) is 0 Å². The fourth-order valence-electron chi connectivity index (χ4n) is 2.59. The first-order valence-electron chi connectivity index (χ1n) is 6.15. The van der Waals surface area contributed by atoms with Crippen LogP contribution in [0.5, 0.6) is 0 Å². The van der Waals surface area contributed by atoms with E-state index in [1.165, 1.54) is 28.8 Å². The minimum atomic E-state index is 0.158. The normalized spacial score (nSPS) is 13.9. The van der Waals surface area contributed by atoms with Gasteiger partial charge in [-0.2, -0.15) is 0 Å². The van der Waals surface area contributed by atoms with Gasteiger partial charge in [-0.3, -0.25) is 4.98 Å². The Kier molecular flexibility index (Phi) is 2.69. The van der Waals surface area contributed by atoms with Crippen molar-refractivity contribution in [3.05, 3.63) is 35.5 Å². The lowest BCUT2D eigenvalue weighted by Gasteiger charge is -2.13. The van der Waals surface area contributed by atoms with Gasteiger partial charge in [-0.1, -0.05) is 18.2 Å². The second-order valence-electron chi connectivity index (χ2n) is 4.43. The first kappa shape index (κ1) is 10.5. The van der Waals surface area contributed by atoms with Gasteiger partial charge in [0.2, 0.25) is 0 Å². The number of aliphatic hydroxyl groups excluding tert-OH is 1. The van der Waals surface area contributed by atoms with E-state index in [2.05, 4.69) is 17.4 Å². The molecule has 1 aromatic heterocycles. The van der Waals surface area contributed by atoms with Gasteiger partial charge in [0, 0.05) is 23.3 Å². The molecule has 1 aliphatic rings. The van der Waals surface area contributed by atoms with E-state index >= 15 is 0 Å². The zero-order chi connectivity index (χ0) is 11.7. The molecule has 88 valence electrons. The van der Waals surface area contributed by atoms with E-state index in [1.54, 1.807) is 0 Å². The molecule has 0 radical (unpaired) electrons. The Morgan fingerprint density at radius 3 is 3.00 bits per heavy atom. The monoisotopic (exact) mass is 228 g/mol. The summed E-state index contributed by atoms with van der Waals surface area (Å²) in [5.41, 5.74) is 4.80. The van der Waals surface area contributed by atoms with Crippen molar-refractivity contribution in [1.29, 1.82) is 0 Å². The van der Waals surface area contributed by atoms with Gasteiger partial charge in [-0.25, -0.2) is 0 Å². The Morgan fingerprint density at radius 1 is 1.24 bits per heavy atom. The molecule has 0 bridgehead atoms. The fourth-order valence-corrected chi connectivity index (χ4v) is 2.59. The van der Waals surface area contributed by atoms with Gasteiger partial charge in [0.25, 0.3) is 0 Å². The van der Waals surface area contributed by atoms with Crippen molar-refractivity contribution in [2.75, 3.05) is 18.5 Å². The summed E-state index contributed by atoms with van der Waals surface area (Å²) in [7, 11) is 0. The molecule has 0 aliphatic heterocycles. The van der Waals surface area contributed by atoms with Crippen molar-refractivity contribution in [3.63, 3.8) is 0 Å². The molecule has 3 nitrogen and oxygen atoms in total. The van der Waals surface area contributed by atoms with Crippen molar-refractivity contribution in [2.45, 2.75) is 19.3 Å². The molecule has 0 spiro atoms. The van der Waals surface area contributed by atoms with Crippen LogP contribution in [0.25, 0.3) is 10.9 Å². The summed E-state index contributed by atoms with van der Waals surface area (Å²) >= 11 is 0. The first-order chi connectivity index (χ1) is 8.40. The summed E-state index contributed by atoms with van der Waals surface area (Å²) < 4.78 is 0. The zero-order valence-corrected chi connectivity index (χ0v) is 9.74. The Bertz CT molecular complexity index is 551. The number of aryl methyl sites for hydroxylation is 1. The minimum Gasteiger partial charge on any atom is -0.395 e.